The van der Waals surface area contributed by atoms with E-state index >= 15 is 0 Å². The van der Waals surface area contributed by atoms with E-state index in [-0.39, 0.29) is 18.7 Å². The van der Waals surface area contributed by atoms with E-state index in [0.717, 1.165) is 51.0 Å². The van der Waals surface area contributed by atoms with Crippen LogP contribution in [0.25, 0.3) is 0 Å². The number of hydrogen-bond acceptors (Lipinski definition) is 4. The SMILES string of the molecule is COc1ccccc1C(CNC(=O)Nc1cc(C(F)(F)F)cc(C(F)(F)F)c1)N1CCC(N2CCc3ccccc3C2)CC1. The smallest absolute Gasteiger partial charge is 0.416 e. The molecule has 5 rings (SSSR count). The molecular formula is C32H34F6N4O2. The molecule has 3 aromatic carbocycles. The fraction of sp³-hybridized carbons (Fsp3) is 0.406. The average Bonchev–Trinajstić information content (AvgIpc) is 3.00. The Hall–Kier alpha value is -3.77. The number of likely N-dealkylation sites (tertiary alicyclic amines) is 1. The molecule has 0 radical (unpaired) electrons. The highest BCUT2D eigenvalue weighted by atomic mass is 19.4. The summed E-state index contributed by atoms with van der Waals surface area (Å²) in [6.45, 7) is 3.42. The van der Waals surface area contributed by atoms with Crippen molar-refractivity contribution < 1.29 is 35.9 Å². The normalized spacial score (nSPS) is 17.5. The van der Waals surface area contributed by atoms with Gasteiger partial charge in [0.25, 0.3) is 0 Å². The number of halogens is 6. The van der Waals surface area contributed by atoms with E-state index in [1.54, 1.807) is 7.11 Å². The zero-order valence-corrected chi connectivity index (χ0v) is 24.1. The van der Waals surface area contributed by atoms with Crippen LogP contribution in [0.4, 0.5) is 36.8 Å². The minimum atomic E-state index is -5.02. The minimum absolute atomic E-state index is 0.0209. The van der Waals surface area contributed by atoms with Crippen LogP contribution in [0.5, 0.6) is 5.75 Å². The van der Waals surface area contributed by atoms with Gasteiger partial charge in [0.15, 0.2) is 0 Å². The van der Waals surface area contributed by atoms with Crippen LogP contribution >= 0.6 is 0 Å². The maximum Gasteiger partial charge on any atom is 0.416 e. The number of carbonyl (C=O) groups is 1. The van der Waals surface area contributed by atoms with Crippen LogP contribution in [0.3, 0.4) is 0 Å². The number of nitrogens with one attached hydrogen (secondary N) is 2. The summed E-state index contributed by atoms with van der Waals surface area (Å²) in [5.74, 6) is 0.613. The van der Waals surface area contributed by atoms with Gasteiger partial charge in [-0.25, -0.2) is 4.79 Å². The molecule has 0 saturated carbocycles. The van der Waals surface area contributed by atoms with Gasteiger partial charge in [-0.3, -0.25) is 9.80 Å². The van der Waals surface area contributed by atoms with Crippen molar-refractivity contribution in [2.24, 2.45) is 0 Å². The second kappa shape index (κ2) is 13.1. The number of amides is 2. The highest BCUT2D eigenvalue weighted by molar-refractivity contribution is 5.89. The fourth-order valence-electron chi connectivity index (χ4n) is 6.16. The number of ether oxygens (including phenoxy) is 1. The molecule has 12 heteroatoms. The van der Waals surface area contributed by atoms with Crippen molar-refractivity contribution in [2.75, 3.05) is 38.6 Å². The lowest BCUT2D eigenvalue weighted by atomic mass is 9.94. The lowest BCUT2D eigenvalue weighted by Gasteiger charge is -2.43. The quantitative estimate of drug-likeness (QED) is 0.277. The van der Waals surface area contributed by atoms with Crippen LogP contribution in [0.15, 0.2) is 66.7 Å². The number of carbonyl (C=O) groups excluding carboxylic acids is 1. The lowest BCUT2D eigenvalue weighted by Crippen LogP contribution is -2.49. The van der Waals surface area contributed by atoms with E-state index in [4.69, 9.17) is 4.74 Å². The van der Waals surface area contributed by atoms with Gasteiger partial charge in [-0.05, 0) is 54.7 Å². The van der Waals surface area contributed by atoms with Crippen LogP contribution in [0.1, 0.15) is 46.7 Å². The maximum atomic E-state index is 13.3. The summed E-state index contributed by atoms with van der Waals surface area (Å²) in [6.07, 6.45) is -7.22. The van der Waals surface area contributed by atoms with Crippen LogP contribution < -0.4 is 15.4 Å². The Bertz CT molecular complexity index is 1420. The topological polar surface area (TPSA) is 56.8 Å². The van der Waals surface area contributed by atoms with Crippen molar-refractivity contribution in [1.29, 1.82) is 0 Å². The minimum Gasteiger partial charge on any atom is -0.496 e. The first kappa shape index (κ1) is 31.6. The van der Waals surface area contributed by atoms with E-state index in [2.05, 4.69) is 44.7 Å². The van der Waals surface area contributed by atoms with E-state index in [1.807, 2.05) is 24.3 Å². The molecule has 6 nitrogen and oxygen atoms in total. The molecule has 0 bridgehead atoms. The Morgan fingerprint density at radius 2 is 1.50 bits per heavy atom. The van der Waals surface area contributed by atoms with Crippen LogP contribution in [-0.4, -0.2) is 55.2 Å². The first-order valence-electron chi connectivity index (χ1n) is 14.4. The number of hydrogen-bond donors (Lipinski definition) is 2. The summed E-state index contributed by atoms with van der Waals surface area (Å²) < 4.78 is 85.3. The van der Waals surface area contributed by atoms with Gasteiger partial charge in [0.2, 0.25) is 0 Å². The molecule has 2 N–H and O–H groups in total. The zero-order valence-electron chi connectivity index (χ0n) is 24.1. The van der Waals surface area contributed by atoms with E-state index in [0.29, 0.717) is 23.9 Å². The van der Waals surface area contributed by atoms with Gasteiger partial charge in [-0.15, -0.1) is 0 Å². The van der Waals surface area contributed by atoms with Crippen molar-refractivity contribution in [3.8, 4) is 5.75 Å². The van der Waals surface area contributed by atoms with Gasteiger partial charge in [0.1, 0.15) is 5.75 Å². The van der Waals surface area contributed by atoms with Gasteiger partial charge in [0.05, 0.1) is 24.3 Å². The molecule has 1 saturated heterocycles. The predicted molar refractivity (Wildman–Crippen MR) is 154 cm³/mol. The Kier molecular flexibility index (Phi) is 9.40. The Morgan fingerprint density at radius 3 is 2.14 bits per heavy atom. The standard InChI is InChI=1S/C32H34F6N4O2/c1-44-29-9-5-4-8-27(29)28(41-14-11-26(12-15-41)42-13-10-21-6-2-3-7-22(21)20-42)19-39-30(43)40-25-17-23(31(33,34)35)16-24(18-25)32(36,37)38/h2-9,16-18,26,28H,10-15,19-20H2,1H3,(H2,39,40,43). The zero-order chi connectivity index (χ0) is 31.5. The Balaban J connectivity index is 1.28. The molecule has 0 aromatic heterocycles. The largest absolute Gasteiger partial charge is 0.496 e. The molecule has 2 aliphatic rings. The molecule has 0 aliphatic carbocycles. The molecule has 3 aromatic rings. The summed E-state index contributed by atoms with van der Waals surface area (Å²) >= 11 is 0. The second-order valence-electron chi connectivity index (χ2n) is 11.1. The molecule has 1 fully saturated rings. The van der Waals surface area contributed by atoms with Crippen molar-refractivity contribution >= 4 is 11.7 Å². The van der Waals surface area contributed by atoms with Crippen LogP contribution in [0.2, 0.25) is 0 Å². The molecule has 2 aliphatic heterocycles. The molecule has 44 heavy (non-hydrogen) atoms. The third kappa shape index (κ3) is 7.47. The summed E-state index contributed by atoms with van der Waals surface area (Å²) in [5, 5.41) is 4.82. The summed E-state index contributed by atoms with van der Waals surface area (Å²) in [7, 11) is 1.54. The molecule has 1 unspecified atom stereocenters. The number of fused-ring (bicyclic) bond motifs is 1. The van der Waals surface area contributed by atoms with Crippen LogP contribution in [0, 0.1) is 0 Å². The van der Waals surface area contributed by atoms with Crippen molar-refractivity contribution in [3.63, 3.8) is 0 Å². The number of methoxy groups -OCH3 is 1. The molecule has 2 amide bonds. The lowest BCUT2D eigenvalue weighted by molar-refractivity contribution is -0.143. The van der Waals surface area contributed by atoms with E-state index < -0.39 is 35.2 Å². The summed E-state index contributed by atoms with van der Waals surface area (Å²) in [4.78, 5) is 17.6. The van der Waals surface area contributed by atoms with Gasteiger partial charge in [-0.2, -0.15) is 26.3 Å². The van der Waals surface area contributed by atoms with E-state index in [9.17, 15) is 31.1 Å². The Morgan fingerprint density at radius 1 is 0.886 bits per heavy atom. The first-order valence-corrected chi connectivity index (χ1v) is 14.4. The third-order valence-electron chi connectivity index (χ3n) is 8.42. The van der Waals surface area contributed by atoms with Crippen LogP contribution in [-0.2, 0) is 25.3 Å². The van der Waals surface area contributed by atoms with Crippen molar-refractivity contribution in [1.82, 2.24) is 15.1 Å². The molecule has 236 valence electrons. The van der Waals surface area contributed by atoms with Gasteiger partial charge >= 0.3 is 18.4 Å². The number of benzene rings is 3. The van der Waals surface area contributed by atoms with Crippen molar-refractivity contribution in [2.45, 2.75) is 50.2 Å². The summed E-state index contributed by atoms with van der Waals surface area (Å²) in [6, 6.07) is 16.0. The average molecular weight is 621 g/mol. The number of rotatable bonds is 7. The summed E-state index contributed by atoms with van der Waals surface area (Å²) in [5.41, 5.74) is -0.0568. The fourth-order valence-corrected chi connectivity index (χ4v) is 6.16. The number of piperidine rings is 1. The Labute approximate surface area is 252 Å². The van der Waals surface area contributed by atoms with Crippen molar-refractivity contribution in [3.05, 3.63) is 94.5 Å². The molecule has 0 spiro atoms. The molecule has 2 heterocycles. The van der Waals surface area contributed by atoms with Gasteiger partial charge < -0.3 is 15.4 Å². The number of nitrogens with zero attached hydrogens (tertiary/aromatic N) is 2. The number of anilines is 1. The molecule has 1 atom stereocenters. The van der Waals surface area contributed by atoms with Gasteiger partial charge in [-0.1, -0.05) is 42.5 Å². The molecular weight excluding hydrogens is 586 g/mol. The third-order valence-corrected chi connectivity index (χ3v) is 8.42. The highest BCUT2D eigenvalue weighted by Crippen LogP contribution is 2.38. The van der Waals surface area contributed by atoms with E-state index in [1.165, 1.54) is 11.1 Å². The highest BCUT2D eigenvalue weighted by Gasteiger charge is 2.37. The van der Waals surface area contributed by atoms with Gasteiger partial charge in [0, 0.05) is 50.0 Å². The number of para-hydroxylation sites is 1. The monoisotopic (exact) mass is 620 g/mol. The first-order chi connectivity index (χ1) is 20.9. The second-order valence-corrected chi connectivity index (χ2v) is 11.1. The number of alkyl halides is 6. The predicted octanol–water partition coefficient (Wildman–Crippen LogP) is 7.12. The number of urea groups is 1. The maximum absolute atomic E-state index is 13.3.